The normalized spacial score (nSPS) is 15.5. The van der Waals surface area contributed by atoms with Crippen LogP contribution in [0.4, 0.5) is 22.1 Å². The molecule has 0 bridgehead atoms. The van der Waals surface area contributed by atoms with Crippen molar-refractivity contribution in [2.75, 3.05) is 30.4 Å². The lowest BCUT2D eigenvalue weighted by Gasteiger charge is -2.19. The van der Waals surface area contributed by atoms with E-state index in [4.69, 9.17) is 4.74 Å². The number of ether oxygens (including phenoxy) is 1. The molecule has 0 spiro atoms. The summed E-state index contributed by atoms with van der Waals surface area (Å²) in [6.45, 7) is 4.94. The number of nitrogens with zero attached hydrogens (tertiary/aromatic N) is 4. The minimum atomic E-state index is -0.563. The Balaban J connectivity index is 1.28. The highest BCUT2D eigenvalue weighted by molar-refractivity contribution is 7.09. The molecule has 2 aromatic heterocycles. The fourth-order valence-corrected chi connectivity index (χ4v) is 4.47. The van der Waals surface area contributed by atoms with Crippen molar-refractivity contribution in [2.45, 2.75) is 32.8 Å². The van der Waals surface area contributed by atoms with Gasteiger partial charge in [0.1, 0.15) is 6.10 Å². The monoisotopic (exact) mass is 465 g/mol. The average Bonchev–Trinajstić information content (AvgIpc) is 3.41. The lowest BCUT2D eigenvalue weighted by atomic mass is 10.2. The fourth-order valence-electron chi connectivity index (χ4n) is 3.77. The maximum atomic E-state index is 12.3. The first-order valence-corrected chi connectivity index (χ1v) is 11.7. The number of nitrogens with one attached hydrogen (secondary N) is 1. The van der Waals surface area contributed by atoms with Gasteiger partial charge in [-0.05, 0) is 62.0 Å². The maximum absolute atomic E-state index is 12.3. The van der Waals surface area contributed by atoms with Crippen LogP contribution in [0.3, 0.4) is 0 Å². The maximum Gasteiger partial charge on any atom is 0.411 e. The van der Waals surface area contributed by atoms with Gasteiger partial charge in [-0.25, -0.2) is 14.8 Å². The molecule has 3 heterocycles. The van der Waals surface area contributed by atoms with Crippen LogP contribution < -0.4 is 10.2 Å². The Kier molecular flexibility index (Phi) is 6.88. The number of amides is 2. The molecular weight excluding hydrogens is 438 g/mol. The second kappa shape index (κ2) is 9.99. The van der Waals surface area contributed by atoms with E-state index < -0.39 is 12.2 Å². The molecule has 1 N–H and O–H groups in total. The zero-order valence-electron chi connectivity index (χ0n) is 18.9. The van der Waals surface area contributed by atoms with E-state index in [1.165, 1.54) is 4.88 Å². The molecule has 8 nitrogen and oxygen atoms in total. The molecule has 0 aliphatic carbocycles. The van der Waals surface area contributed by atoms with Crippen LogP contribution in [0.15, 0.2) is 47.8 Å². The third kappa shape index (κ3) is 5.87. The van der Waals surface area contributed by atoms with Gasteiger partial charge in [0.2, 0.25) is 11.9 Å². The number of hydrogen-bond donors (Lipinski definition) is 1. The number of benzene rings is 1. The van der Waals surface area contributed by atoms with Crippen LogP contribution >= 0.6 is 11.3 Å². The van der Waals surface area contributed by atoms with Gasteiger partial charge in [-0.3, -0.25) is 10.1 Å². The van der Waals surface area contributed by atoms with Crippen molar-refractivity contribution < 1.29 is 14.3 Å². The van der Waals surface area contributed by atoms with Crippen molar-refractivity contribution in [2.24, 2.45) is 0 Å². The summed E-state index contributed by atoms with van der Waals surface area (Å²) in [4.78, 5) is 38.4. The molecule has 3 aromatic rings. The highest BCUT2D eigenvalue weighted by Crippen LogP contribution is 2.23. The van der Waals surface area contributed by atoms with Crippen molar-refractivity contribution in [1.82, 2.24) is 14.9 Å². The van der Waals surface area contributed by atoms with E-state index in [-0.39, 0.29) is 12.3 Å². The molecule has 1 aliphatic heterocycles. The second-order valence-corrected chi connectivity index (χ2v) is 9.11. The van der Waals surface area contributed by atoms with Gasteiger partial charge in [-0.2, -0.15) is 0 Å². The van der Waals surface area contributed by atoms with Crippen LogP contribution in [-0.2, 0) is 16.0 Å². The summed E-state index contributed by atoms with van der Waals surface area (Å²) in [6.07, 6.45) is 0.0351. The molecule has 1 aliphatic rings. The van der Waals surface area contributed by atoms with Crippen molar-refractivity contribution in [3.8, 4) is 0 Å². The van der Waals surface area contributed by atoms with Gasteiger partial charge in [-0.15, -0.1) is 11.3 Å². The topological polar surface area (TPSA) is 87.7 Å². The highest BCUT2D eigenvalue weighted by Gasteiger charge is 2.32. The Morgan fingerprint density at radius 3 is 2.61 bits per heavy atom. The van der Waals surface area contributed by atoms with E-state index in [1.807, 2.05) is 55.4 Å². The summed E-state index contributed by atoms with van der Waals surface area (Å²) in [5.74, 6) is 0.632. The third-order valence-corrected chi connectivity index (χ3v) is 6.37. The molecule has 1 aromatic carbocycles. The standard InChI is InChI=1S/C24H27N5O3S/c1-16-13-17(2)26-23(25-16)28(3)19-8-6-18(7-9-19)27-24(31)32-20-14-22(30)29(15-20)11-10-21-5-4-12-33-21/h4-9,12-13,20H,10-11,14-15H2,1-3H3,(H,27,31). The Morgan fingerprint density at radius 1 is 1.21 bits per heavy atom. The third-order valence-electron chi connectivity index (χ3n) is 5.43. The first-order chi connectivity index (χ1) is 15.9. The van der Waals surface area contributed by atoms with Crippen LogP contribution in [0.5, 0.6) is 0 Å². The van der Waals surface area contributed by atoms with Crippen molar-refractivity contribution in [3.05, 3.63) is 64.1 Å². The summed E-state index contributed by atoms with van der Waals surface area (Å²) in [7, 11) is 1.90. The Labute approximate surface area is 197 Å². The molecule has 1 fully saturated rings. The predicted molar refractivity (Wildman–Crippen MR) is 129 cm³/mol. The van der Waals surface area contributed by atoms with Gasteiger partial charge in [0.25, 0.3) is 0 Å². The zero-order chi connectivity index (χ0) is 23.4. The quantitative estimate of drug-likeness (QED) is 0.559. The van der Waals surface area contributed by atoms with Gasteiger partial charge in [-0.1, -0.05) is 6.07 Å². The smallest absolute Gasteiger partial charge is 0.411 e. The minimum Gasteiger partial charge on any atom is -0.444 e. The van der Waals surface area contributed by atoms with Crippen molar-refractivity contribution in [1.29, 1.82) is 0 Å². The molecule has 0 saturated carbocycles. The molecule has 1 saturated heterocycles. The van der Waals surface area contributed by atoms with Gasteiger partial charge >= 0.3 is 6.09 Å². The van der Waals surface area contributed by atoms with E-state index in [9.17, 15) is 9.59 Å². The molecule has 1 atom stereocenters. The average molecular weight is 466 g/mol. The van der Waals surface area contributed by atoms with Crippen LogP contribution in [0, 0.1) is 13.8 Å². The number of rotatable bonds is 7. The molecule has 1 unspecified atom stereocenters. The molecule has 33 heavy (non-hydrogen) atoms. The Bertz CT molecular complexity index is 1100. The lowest BCUT2D eigenvalue weighted by molar-refractivity contribution is -0.127. The first kappa shape index (κ1) is 22.7. The van der Waals surface area contributed by atoms with E-state index in [1.54, 1.807) is 28.4 Å². The summed E-state index contributed by atoms with van der Waals surface area (Å²) in [5.41, 5.74) is 3.31. The summed E-state index contributed by atoms with van der Waals surface area (Å²) >= 11 is 1.68. The van der Waals surface area contributed by atoms with Crippen LogP contribution in [0.1, 0.15) is 22.7 Å². The molecule has 0 radical (unpaired) electrons. The van der Waals surface area contributed by atoms with Crippen molar-refractivity contribution >= 4 is 40.7 Å². The van der Waals surface area contributed by atoms with E-state index in [0.717, 1.165) is 23.5 Å². The SMILES string of the molecule is Cc1cc(C)nc(N(C)c2ccc(NC(=O)OC3CC(=O)N(CCc4cccs4)C3)cc2)n1. The molecule has 2 amide bonds. The summed E-state index contributed by atoms with van der Waals surface area (Å²) in [6, 6.07) is 13.3. The number of anilines is 3. The molecule has 9 heteroatoms. The minimum absolute atomic E-state index is 0.0188. The first-order valence-electron chi connectivity index (χ1n) is 10.8. The predicted octanol–water partition coefficient (Wildman–Crippen LogP) is 4.31. The largest absolute Gasteiger partial charge is 0.444 e. The molecule has 4 rings (SSSR count). The van der Waals surface area contributed by atoms with Crippen LogP contribution in [0.25, 0.3) is 0 Å². The number of carbonyl (C=O) groups is 2. The van der Waals surface area contributed by atoms with Gasteiger partial charge in [0, 0.05) is 41.2 Å². The summed E-state index contributed by atoms with van der Waals surface area (Å²) < 4.78 is 5.49. The van der Waals surface area contributed by atoms with Gasteiger partial charge in [0.15, 0.2) is 0 Å². The molecule has 172 valence electrons. The van der Waals surface area contributed by atoms with Crippen LogP contribution in [-0.4, -0.2) is 53.1 Å². The summed E-state index contributed by atoms with van der Waals surface area (Å²) in [5, 5.41) is 4.76. The van der Waals surface area contributed by atoms with Crippen molar-refractivity contribution in [3.63, 3.8) is 0 Å². The Hall–Kier alpha value is -3.46. The number of thiophene rings is 1. The van der Waals surface area contributed by atoms with Crippen LogP contribution in [0.2, 0.25) is 0 Å². The second-order valence-electron chi connectivity index (χ2n) is 8.08. The van der Waals surface area contributed by atoms with Gasteiger partial charge < -0.3 is 14.5 Å². The highest BCUT2D eigenvalue weighted by atomic mass is 32.1. The number of carbonyl (C=O) groups excluding carboxylic acids is 2. The van der Waals surface area contributed by atoms with E-state index >= 15 is 0 Å². The molecular formula is C24H27N5O3S. The Morgan fingerprint density at radius 2 is 1.94 bits per heavy atom. The van der Waals surface area contributed by atoms with Gasteiger partial charge in [0.05, 0.1) is 13.0 Å². The van der Waals surface area contributed by atoms with E-state index in [2.05, 4.69) is 21.4 Å². The number of hydrogen-bond acceptors (Lipinski definition) is 7. The van der Waals surface area contributed by atoms with E-state index in [0.29, 0.717) is 24.7 Å². The number of likely N-dealkylation sites (tertiary alicyclic amines) is 1. The fraction of sp³-hybridized carbons (Fsp3) is 0.333. The number of aromatic nitrogens is 2. The number of aryl methyl sites for hydroxylation is 2. The zero-order valence-corrected chi connectivity index (χ0v) is 19.8. The lowest BCUT2D eigenvalue weighted by Crippen LogP contribution is -2.29.